The van der Waals surface area contributed by atoms with E-state index in [2.05, 4.69) is 43.1 Å². The number of aromatic nitrogens is 1. The quantitative estimate of drug-likeness (QED) is 0.802. The molecule has 2 nitrogen and oxygen atoms in total. The molecule has 0 amide bonds. The first-order valence-electron chi connectivity index (χ1n) is 5.30. The van der Waals surface area contributed by atoms with Crippen molar-refractivity contribution in [2.24, 2.45) is 0 Å². The molecule has 0 N–H and O–H groups in total. The van der Waals surface area contributed by atoms with Crippen LogP contribution in [0, 0.1) is 25.2 Å². The fraction of sp³-hybridized carbons (Fsp3) is 0.143. The number of hydrogen-bond acceptors (Lipinski definition) is 3. The number of benzene rings is 1. The van der Waals surface area contributed by atoms with Crippen molar-refractivity contribution in [3.8, 4) is 6.07 Å². The summed E-state index contributed by atoms with van der Waals surface area (Å²) in [7, 11) is 0. The van der Waals surface area contributed by atoms with E-state index in [9.17, 15) is 0 Å². The van der Waals surface area contributed by atoms with Crippen LogP contribution >= 0.6 is 11.8 Å². The molecule has 0 radical (unpaired) electrons. The maximum atomic E-state index is 8.70. The zero-order chi connectivity index (χ0) is 12.3. The average molecular weight is 240 g/mol. The van der Waals surface area contributed by atoms with Gasteiger partial charge in [-0.25, -0.2) is 4.98 Å². The first-order chi connectivity index (χ1) is 8.19. The maximum absolute atomic E-state index is 8.70. The number of nitrogens with zero attached hydrogens (tertiary/aromatic N) is 2. The minimum atomic E-state index is 0.593. The molecule has 0 fully saturated rings. The summed E-state index contributed by atoms with van der Waals surface area (Å²) in [6.45, 7) is 4.17. The van der Waals surface area contributed by atoms with Gasteiger partial charge in [0.1, 0.15) is 11.1 Å². The highest BCUT2D eigenvalue weighted by atomic mass is 32.2. The third-order valence-electron chi connectivity index (χ3n) is 2.42. The summed E-state index contributed by atoms with van der Waals surface area (Å²) in [4.78, 5) is 5.47. The molecule has 1 aromatic carbocycles. The second kappa shape index (κ2) is 5.03. The fourth-order valence-corrected chi connectivity index (χ4v) is 2.38. The minimum Gasteiger partial charge on any atom is -0.248 e. The van der Waals surface area contributed by atoms with Gasteiger partial charge in [0.15, 0.2) is 0 Å². The lowest BCUT2D eigenvalue weighted by Gasteiger charge is -2.05. The van der Waals surface area contributed by atoms with Crippen molar-refractivity contribution >= 4 is 11.8 Å². The molecule has 0 aliphatic heterocycles. The van der Waals surface area contributed by atoms with Gasteiger partial charge in [0.25, 0.3) is 0 Å². The largest absolute Gasteiger partial charge is 0.248 e. The molecule has 0 aliphatic rings. The lowest BCUT2D eigenvalue weighted by Crippen LogP contribution is -1.85. The molecule has 0 unspecified atom stereocenters. The van der Waals surface area contributed by atoms with Crippen LogP contribution < -0.4 is 0 Å². The Kier molecular flexibility index (Phi) is 3.46. The molecule has 2 aromatic rings. The summed E-state index contributed by atoms with van der Waals surface area (Å²) >= 11 is 1.63. The van der Waals surface area contributed by atoms with E-state index >= 15 is 0 Å². The number of rotatable bonds is 2. The zero-order valence-corrected chi connectivity index (χ0v) is 10.6. The standard InChI is InChI=1S/C14H12N2S/c1-10-3-4-11(2)13(7-10)17-14-6-5-12(8-15)9-16-14/h3-7,9H,1-2H3. The van der Waals surface area contributed by atoms with E-state index in [0.29, 0.717) is 5.56 Å². The van der Waals surface area contributed by atoms with E-state index in [-0.39, 0.29) is 0 Å². The smallest absolute Gasteiger partial charge is 0.101 e. The molecule has 0 saturated heterocycles. The van der Waals surface area contributed by atoms with Crippen molar-refractivity contribution in [3.05, 3.63) is 53.2 Å². The molecule has 1 aromatic heterocycles. The SMILES string of the molecule is Cc1ccc(C)c(Sc2ccc(C#N)cn2)c1. The van der Waals surface area contributed by atoms with Gasteiger partial charge in [0.2, 0.25) is 0 Å². The number of hydrogen-bond donors (Lipinski definition) is 0. The van der Waals surface area contributed by atoms with Crippen molar-refractivity contribution in [1.82, 2.24) is 4.98 Å². The highest BCUT2D eigenvalue weighted by molar-refractivity contribution is 7.99. The normalized spacial score (nSPS) is 9.94. The van der Waals surface area contributed by atoms with E-state index in [1.165, 1.54) is 16.0 Å². The number of aryl methyl sites for hydroxylation is 2. The van der Waals surface area contributed by atoms with Crippen molar-refractivity contribution in [2.45, 2.75) is 23.8 Å². The van der Waals surface area contributed by atoms with Gasteiger partial charge in [-0.15, -0.1) is 0 Å². The van der Waals surface area contributed by atoms with Crippen LogP contribution in [0.2, 0.25) is 0 Å². The molecule has 0 atom stereocenters. The lowest BCUT2D eigenvalue weighted by molar-refractivity contribution is 1.12. The third kappa shape index (κ3) is 2.86. The van der Waals surface area contributed by atoms with Crippen LogP contribution in [0.25, 0.3) is 0 Å². The molecular formula is C14H12N2S. The Morgan fingerprint density at radius 1 is 1.18 bits per heavy atom. The second-order valence-electron chi connectivity index (χ2n) is 3.87. The first kappa shape index (κ1) is 11.7. The first-order valence-corrected chi connectivity index (χ1v) is 6.12. The molecule has 2 rings (SSSR count). The maximum Gasteiger partial charge on any atom is 0.101 e. The van der Waals surface area contributed by atoms with Gasteiger partial charge < -0.3 is 0 Å². The van der Waals surface area contributed by atoms with E-state index in [0.717, 1.165) is 5.03 Å². The molecule has 3 heteroatoms. The summed E-state index contributed by atoms with van der Waals surface area (Å²) in [5.74, 6) is 0. The summed E-state index contributed by atoms with van der Waals surface area (Å²) in [5, 5.41) is 9.62. The van der Waals surface area contributed by atoms with Crippen molar-refractivity contribution < 1.29 is 0 Å². The Labute approximate surface area is 105 Å². The van der Waals surface area contributed by atoms with Crippen LogP contribution in [-0.2, 0) is 0 Å². The highest BCUT2D eigenvalue weighted by Gasteiger charge is 2.03. The van der Waals surface area contributed by atoms with E-state index < -0.39 is 0 Å². The molecule has 17 heavy (non-hydrogen) atoms. The molecule has 1 heterocycles. The molecule has 84 valence electrons. The van der Waals surface area contributed by atoms with E-state index in [4.69, 9.17) is 5.26 Å². The van der Waals surface area contributed by atoms with Crippen LogP contribution in [0.4, 0.5) is 0 Å². The van der Waals surface area contributed by atoms with Gasteiger partial charge in [0, 0.05) is 11.1 Å². The predicted octanol–water partition coefficient (Wildman–Crippen LogP) is 3.72. The van der Waals surface area contributed by atoms with Crippen LogP contribution in [-0.4, -0.2) is 4.98 Å². The van der Waals surface area contributed by atoms with Crippen LogP contribution in [0.3, 0.4) is 0 Å². The molecule has 0 aliphatic carbocycles. The van der Waals surface area contributed by atoms with E-state index in [1.54, 1.807) is 24.0 Å². The van der Waals surface area contributed by atoms with Gasteiger partial charge in [-0.05, 0) is 43.2 Å². The monoisotopic (exact) mass is 240 g/mol. The van der Waals surface area contributed by atoms with Crippen molar-refractivity contribution in [2.75, 3.05) is 0 Å². The van der Waals surface area contributed by atoms with Gasteiger partial charge in [-0.2, -0.15) is 5.26 Å². The van der Waals surface area contributed by atoms with Gasteiger partial charge in [-0.3, -0.25) is 0 Å². The topological polar surface area (TPSA) is 36.7 Å². The van der Waals surface area contributed by atoms with Gasteiger partial charge in [0.05, 0.1) is 5.56 Å². The summed E-state index contributed by atoms with van der Waals surface area (Å²) in [6, 6.07) is 12.1. The van der Waals surface area contributed by atoms with Crippen LogP contribution in [0.1, 0.15) is 16.7 Å². The minimum absolute atomic E-state index is 0.593. The Bertz CT molecular complexity index is 568. The van der Waals surface area contributed by atoms with Crippen LogP contribution in [0.15, 0.2) is 46.5 Å². The van der Waals surface area contributed by atoms with Gasteiger partial charge in [-0.1, -0.05) is 23.9 Å². The van der Waals surface area contributed by atoms with Crippen molar-refractivity contribution in [1.29, 1.82) is 5.26 Å². The fourth-order valence-electron chi connectivity index (χ4n) is 1.44. The zero-order valence-electron chi connectivity index (χ0n) is 9.77. The van der Waals surface area contributed by atoms with Crippen LogP contribution in [0.5, 0.6) is 0 Å². The second-order valence-corrected chi connectivity index (χ2v) is 4.93. The Morgan fingerprint density at radius 2 is 2.00 bits per heavy atom. The highest BCUT2D eigenvalue weighted by Crippen LogP contribution is 2.29. The Hall–Kier alpha value is -1.79. The average Bonchev–Trinajstić information content (AvgIpc) is 2.35. The summed E-state index contributed by atoms with van der Waals surface area (Å²) < 4.78 is 0. The number of pyridine rings is 1. The molecule has 0 bridgehead atoms. The summed E-state index contributed by atoms with van der Waals surface area (Å²) in [6.07, 6.45) is 1.60. The molecule has 0 spiro atoms. The predicted molar refractivity (Wildman–Crippen MR) is 69.0 cm³/mol. The Morgan fingerprint density at radius 3 is 2.65 bits per heavy atom. The Balaban J connectivity index is 2.25. The van der Waals surface area contributed by atoms with Crippen molar-refractivity contribution in [3.63, 3.8) is 0 Å². The van der Waals surface area contributed by atoms with E-state index in [1.807, 2.05) is 6.07 Å². The summed E-state index contributed by atoms with van der Waals surface area (Å²) in [5.41, 5.74) is 3.08. The lowest BCUT2D eigenvalue weighted by atomic mass is 10.2. The van der Waals surface area contributed by atoms with Gasteiger partial charge >= 0.3 is 0 Å². The molecule has 0 saturated carbocycles. The third-order valence-corrected chi connectivity index (χ3v) is 3.53. The number of nitriles is 1. The molecular weight excluding hydrogens is 228 g/mol.